The van der Waals surface area contributed by atoms with Crippen molar-refractivity contribution < 1.29 is 13.9 Å². The van der Waals surface area contributed by atoms with Crippen molar-refractivity contribution in [3.63, 3.8) is 0 Å². The highest BCUT2D eigenvalue weighted by molar-refractivity contribution is 7.88. The number of fused-ring (bicyclic) bond motifs is 1. The van der Waals surface area contributed by atoms with Crippen LogP contribution in [0, 0.1) is 0 Å². The summed E-state index contributed by atoms with van der Waals surface area (Å²) in [6, 6.07) is 2.98. The van der Waals surface area contributed by atoms with E-state index in [4.69, 9.17) is 39.0 Å². The molecule has 0 radical (unpaired) electrons. The van der Waals surface area contributed by atoms with E-state index in [-0.39, 0.29) is 16.3 Å². The van der Waals surface area contributed by atoms with Gasteiger partial charge in [-0.05, 0) is 53.4 Å². The number of unbranched alkanes of at least 4 members (excludes halogenated alkanes) is 1. The zero-order valence-electron chi connectivity index (χ0n) is 10.7. The lowest BCUT2D eigenvalue weighted by Gasteiger charge is -2.23. The molecule has 0 fully saturated rings. The van der Waals surface area contributed by atoms with Crippen LogP contribution < -0.4 is 4.52 Å². The molecule has 1 aromatic rings. The van der Waals surface area contributed by atoms with E-state index in [1.165, 1.54) is 11.9 Å². The summed E-state index contributed by atoms with van der Waals surface area (Å²) >= 11 is 17.4. The monoisotopic (exact) mass is 352 g/mol. The van der Waals surface area contributed by atoms with Crippen molar-refractivity contribution in [3.05, 3.63) is 34.1 Å². The molecule has 1 unspecified atom stereocenters. The molecule has 1 aliphatic heterocycles. The van der Waals surface area contributed by atoms with Gasteiger partial charge in [0.2, 0.25) is 0 Å². The van der Waals surface area contributed by atoms with Crippen molar-refractivity contribution in [2.75, 3.05) is 0 Å². The van der Waals surface area contributed by atoms with Gasteiger partial charge in [-0.1, -0.05) is 24.9 Å². The largest absolute Gasteiger partial charge is 0.428 e. The van der Waals surface area contributed by atoms with Crippen LogP contribution in [-0.2, 0) is 4.57 Å². The minimum absolute atomic E-state index is 0.175. The lowest BCUT2D eigenvalue weighted by Crippen LogP contribution is -2.02. The van der Waals surface area contributed by atoms with Gasteiger partial charge in [0.1, 0.15) is 0 Å². The zero-order valence-corrected chi connectivity index (χ0v) is 13.8. The van der Waals surface area contributed by atoms with E-state index in [0.717, 1.165) is 18.4 Å². The maximum atomic E-state index is 12.1. The molecule has 1 atom stereocenters. The molecule has 0 aromatic heterocycles. The number of carbonyl (C=O) groups is 1. The summed E-state index contributed by atoms with van der Waals surface area (Å²) in [5, 5.41) is -0.432. The molecule has 0 N–H and O–H groups in total. The van der Waals surface area contributed by atoms with Gasteiger partial charge in [0.25, 0.3) is 5.24 Å². The third kappa shape index (κ3) is 3.40. The predicted molar refractivity (Wildman–Crippen MR) is 83.2 cm³/mol. The van der Waals surface area contributed by atoms with Crippen LogP contribution in [0.25, 0.3) is 5.57 Å². The van der Waals surface area contributed by atoms with Crippen LogP contribution >= 0.6 is 41.2 Å². The second-order valence-electron chi connectivity index (χ2n) is 4.48. The summed E-state index contributed by atoms with van der Waals surface area (Å²) in [5.74, 6) is 1.67. The molecule has 3 nitrogen and oxygen atoms in total. The molecule has 0 bridgehead atoms. The van der Waals surface area contributed by atoms with Crippen LogP contribution in [0.15, 0.2) is 17.9 Å². The van der Waals surface area contributed by atoms with E-state index in [1.807, 2.05) is 6.92 Å². The van der Waals surface area contributed by atoms with Gasteiger partial charge < -0.3 is 4.52 Å². The Bertz CT molecular complexity index is 640. The Kier molecular flexibility index (Phi) is 4.86. The van der Waals surface area contributed by atoms with E-state index in [0.29, 0.717) is 12.0 Å². The van der Waals surface area contributed by atoms with E-state index in [1.54, 1.807) is 6.07 Å². The second-order valence-corrected chi connectivity index (χ2v) is 8.13. The molecular weight excluding hydrogens is 341 g/mol. The van der Waals surface area contributed by atoms with Gasteiger partial charge in [0.15, 0.2) is 5.75 Å². The summed E-state index contributed by atoms with van der Waals surface area (Å²) in [6.07, 6.45) is 2.56. The van der Waals surface area contributed by atoms with Crippen molar-refractivity contribution in [2.45, 2.75) is 26.2 Å². The average Bonchev–Trinajstić information content (AvgIpc) is 2.35. The number of hydrogen-bond acceptors (Lipinski definition) is 3. The Morgan fingerprint density at radius 2 is 2.10 bits per heavy atom. The third-order valence-corrected chi connectivity index (χ3v) is 4.99. The van der Waals surface area contributed by atoms with Crippen molar-refractivity contribution in [3.8, 4) is 5.75 Å². The van der Waals surface area contributed by atoms with Gasteiger partial charge in [-0.25, -0.2) is 0 Å². The Balaban J connectivity index is 2.57. The highest BCUT2D eigenvalue weighted by Gasteiger charge is 2.30. The molecule has 2 rings (SSSR count). The minimum Gasteiger partial charge on any atom is -0.428 e. The number of hydrogen-bond donors (Lipinski definition) is 0. The first-order chi connectivity index (χ1) is 9.34. The quantitative estimate of drug-likeness (QED) is 0.487. The van der Waals surface area contributed by atoms with Crippen LogP contribution in [-0.4, -0.2) is 5.24 Å². The molecule has 20 heavy (non-hydrogen) atoms. The smallest absolute Gasteiger partial charge is 0.359 e. The molecular formula is C13H12Cl3O3P. The summed E-state index contributed by atoms with van der Waals surface area (Å²) in [5.41, 5.74) is 1.67. The fraction of sp³-hybridized carbons (Fsp3) is 0.308. The third-order valence-electron chi connectivity index (χ3n) is 2.94. The summed E-state index contributed by atoms with van der Waals surface area (Å²) in [6.45, 7) is -1.32. The van der Waals surface area contributed by atoms with E-state index in [9.17, 15) is 9.36 Å². The van der Waals surface area contributed by atoms with Gasteiger partial charge in [0, 0.05) is 16.9 Å². The molecule has 0 spiro atoms. The molecule has 1 aliphatic rings. The second kappa shape index (κ2) is 6.11. The molecule has 0 saturated heterocycles. The molecule has 0 aliphatic carbocycles. The molecule has 0 amide bonds. The Labute approximate surface area is 132 Å². The van der Waals surface area contributed by atoms with E-state index >= 15 is 0 Å². The molecule has 1 heterocycles. The van der Waals surface area contributed by atoms with Gasteiger partial charge in [-0.2, -0.15) is 0 Å². The first-order valence-electron chi connectivity index (χ1n) is 6.08. The fourth-order valence-electron chi connectivity index (χ4n) is 2.01. The fourth-order valence-corrected chi connectivity index (χ4v) is 4.13. The first kappa shape index (κ1) is 15.9. The number of allylic oxidation sites excluding steroid dienone is 1. The van der Waals surface area contributed by atoms with Crippen molar-refractivity contribution in [1.82, 2.24) is 0 Å². The van der Waals surface area contributed by atoms with E-state index < -0.39 is 12.0 Å². The van der Waals surface area contributed by atoms with Crippen LogP contribution in [0.2, 0.25) is 5.02 Å². The highest BCUT2D eigenvalue weighted by atomic mass is 35.7. The van der Waals surface area contributed by atoms with Gasteiger partial charge in [0.05, 0.1) is 5.02 Å². The maximum absolute atomic E-state index is 12.1. The van der Waals surface area contributed by atoms with Gasteiger partial charge in [-0.3, -0.25) is 9.36 Å². The lowest BCUT2D eigenvalue weighted by molar-refractivity contribution is 0.108. The molecule has 1 aromatic carbocycles. The summed E-state index contributed by atoms with van der Waals surface area (Å²) in [7, 11) is 0. The predicted octanol–water partition coefficient (Wildman–Crippen LogP) is 6.07. The van der Waals surface area contributed by atoms with Crippen molar-refractivity contribution >= 4 is 52.0 Å². The van der Waals surface area contributed by atoms with Crippen LogP contribution in [0.4, 0.5) is 0 Å². The maximum Gasteiger partial charge on any atom is 0.359 e. The Morgan fingerprint density at radius 1 is 1.40 bits per heavy atom. The van der Waals surface area contributed by atoms with Gasteiger partial charge in [-0.15, -0.1) is 0 Å². The van der Waals surface area contributed by atoms with Gasteiger partial charge >= 0.3 is 6.72 Å². The first-order valence-corrected chi connectivity index (χ1v) is 9.44. The molecule has 7 heteroatoms. The number of benzene rings is 1. The Hall–Kier alpha value is -0.470. The zero-order chi connectivity index (χ0) is 14.9. The van der Waals surface area contributed by atoms with Crippen LogP contribution in [0.3, 0.4) is 0 Å². The topological polar surface area (TPSA) is 43.4 Å². The van der Waals surface area contributed by atoms with E-state index in [2.05, 4.69) is 0 Å². The van der Waals surface area contributed by atoms with Crippen molar-refractivity contribution in [2.24, 2.45) is 0 Å². The SMILES string of the molecule is CCCCC1=CP(=O)(Cl)Oc2c(Cl)cc(C(=O)Cl)cc21. The highest BCUT2D eigenvalue weighted by Crippen LogP contribution is 2.61. The minimum atomic E-state index is -3.37. The summed E-state index contributed by atoms with van der Waals surface area (Å²) < 4.78 is 17.3. The van der Waals surface area contributed by atoms with Crippen LogP contribution in [0.5, 0.6) is 5.75 Å². The average molecular weight is 354 g/mol. The number of carbonyl (C=O) groups excluding carboxylic acids is 1. The van der Waals surface area contributed by atoms with Crippen molar-refractivity contribution in [1.29, 1.82) is 0 Å². The van der Waals surface area contributed by atoms with Crippen LogP contribution in [0.1, 0.15) is 42.1 Å². The number of rotatable bonds is 4. The molecule has 108 valence electrons. The lowest BCUT2D eigenvalue weighted by atomic mass is 9.99. The standard InChI is InChI=1S/C13H12Cl3O3P/c1-2-3-4-8-7-20(16,18)19-12-10(8)5-9(13(15)17)6-11(12)14/h5-7H,2-4H2,1H3. The normalized spacial score (nSPS) is 20.9. The Morgan fingerprint density at radius 3 is 2.70 bits per heavy atom. The molecule has 0 saturated carbocycles. The number of halogens is 3. The summed E-state index contributed by atoms with van der Waals surface area (Å²) in [4.78, 5) is 11.3.